The van der Waals surface area contributed by atoms with E-state index in [1.54, 1.807) is 28.8 Å². The number of benzene rings is 4. The molecule has 0 saturated carbocycles. The maximum absolute atomic E-state index is 13.7. The molecule has 2 heterocycles. The Balaban J connectivity index is 1.40. The highest BCUT2D eigenvalue weighted by Crippen LogP contribution is 2.33. The predicted octanol–water partition coefficient (Wildman–Crippen LogP) is 6.93. The van der Waals surface area contributed by atoms with Crippen molar-refractivity contribution < 1.29 is 14.7 Å². The quantitative estimate of drug-likeness (QED) is 0.237. The van der Waals surface area contributed by atoms with Crippen LogP contribution in [0.2, 0.25) is 0 Å². The van der Waals surface area contributed by atoms with E-state index in [1.165, 1.54) is 10.8 Å². The number of carbonyl (C=O) groups excluding carboxylic acids is 1. The lowest BCUT2D eigenvalue weighted by Crippen LogP contribution is -2.24. The number of fused-ring (bicyclic) bond motifs is 2. The molecule has 1 atom stereocenters. The van der Waals surface area contributed by atoms with Gasteiger partial charge in [-0.2, -0.15) is 5.10 Å². The number of aromatic carboxylic acids is 1. The van der Waals surface area contributed by atoms with E-state index in [9.17, 15) is 9.59 Å². The van der Waals surface area contributed by atoms with E-state index in [4.69, 9.17) is 5.11 Å². The molecule has 0 aliphatic carbocycles. The SMILES string of the molecule is C[C@H](c1ccc2ccccc2c1)c1cnn2cc(-c3ccccc3)cc(C(=O)NCc3ccc(C(=O)O)cc3)c12. The van der Waals surface area contributed by atoms with Crippen LogP contribution < -0.4 is 5.32 Å². The third-order valence-electron chi connectivity index (χ3n) is 7.39. The lowest BCUT2D eigenvalue weighted by molar-refractivity contribution is 0.0696. The Hall–Kier alpha value is -5.23. The summed E-state index contributed by atoms with van der Waals surface area (Å²) in [6.45, 7) is 2.40. The van der Waals surface area contributed by atoms with Crippen molar-refractivity contribution in [3.8, 4) is 11.1 Å². The molecule has 0 aliphatic heterocycles. The molecule has 0 aliphatic rings. The number of hydrogen-bond donors (Lipinski definition) is 2. The fourth-order valence-electron chi connectivity index (χ4n) is 5.12. The number of carboxylic acids is 1. The molecule has 6 aromatic rings. The summed E-state index contributed by atoms with van der Waals surface area (Å²) in [4.78, 5) is 24.9. The van der Waals surface area contributed by atoms with Crippen LogP contribution in [0.3, 0.4) is 0 Å². The smallest absolute Gasteiger partial charge is 0.335 e. The molecular formula is C34H27N3O3. The van der Waals surface area contributed by atoms with E-state index in [1.807, 2.05) is 60.9 Å². The number of amides is 1. The van der Waals surface area contributed by atoms with Crippen LogP contribution in [0.1, 0.15) is 50.2 Å². The highest BCUT2D eigenvalue weighted by atomic mass is 16.4. The Kier molecular flexibility index (Phi) is 6.58. The van der Waals surface area contributed by atoms with E-state index in [0.29, 0.717) is 5.56 Å². The molecular weight excluding hydrogens is 498 g/mol. The summed E-state index contributed by atoms with van der Waals surface area (Å²) in [7, 11) is 0. The summed E-state index contributed by atoms with van der Waals surface area (Å²) in [6.07, 6.45) is 3.81. The van der Waals surface area contributed by atoms with Crippen LogP contribution in [0.25, 0.3) is 27.4 Å². The summed E-state index contributed by atoms with van der Waals surface area (Å²) < 4.78 is 1.80. The lowest BCUT2D eigenvalue weighted by atomic mass is 9.91. The van der Waals surface area contributed by atoms with Crippen molar-refractivity contribution in [1.82, 2.24) is 14.9 Å². The van der Waals surface area contributed by atoms with Crippen molar-refractivity contribution in [1.29, 1.82) is 0 Å². The molecule has 1 amide bonds. The number of nitrogens with zero attached hydrogens (tertiary/aromatic N) is 2. The maximum atomic E-state index is 13.7. The fraction of sp³-hybridized carbons (Fsp3) is 0.0882. The molecule has 0 saturated heterocycles. The molecule has 0 fully saturated rings. The molecule has 4 aromatic carbocycles. The highest BCUT2D eigenvalue weighted by Gasteiger charge is 2.22. The standard InChI is InChI=1S/C34H27N3O3/c1-22(27-16-15-25-9-5-6-10-28(25)17-27)31-20-36-37-21-29(24-7-3-2-4-8-24)18-30(32(31)37)33(38)35-19-23-11-13-26(14-12-23)34(39)40/h2-18,20-22H,19H2,1H3,(H,35,38)(H,39,40)/t22-/m1/s1. The van der Waals surface area contributed by atoms with Crippen LogP contribution in [0, 0.1) is 0 Å². The largest absolute Gasteiger partial charge is 0.478 e. The van der Waals surface area contributed by atoms with Gasteiger partial charge >= 0.3 is 5.97 Å². The highest BCUT2D eigenvalue weighted by molar-refractivity contribution is 6.03. The topological polar surface area (TPSA) is 83.7 Å². The molecule has 6 rings (SSSR count). The number of pyridine rings is 1. The van der Waals surface area contributed by atoms with Crippen molar-refractivity contribution in [2.75, 3.05) is 0 Å². The minimum Gasteiger partial charge on any atom is -0.478 e. The molecule has 2 N–H and O–H groups in total. The molecule has 6 nitrogen and oxygen atoms in total. The Morgan fingerprint density at radius 2 is 1.57 bits per heavy atom. The molecule has 0 radical (unpaired) electrons. The molecule has 0 unspecified atom stereocenters. The van der Waals surface area contributed by atoms with Gasteiger partial charge in [0.1, 0.15) is 0 Å². The molecule has 0 spiro atoms. The Bertz CT molecular complexity index is 1860. The van der Waals surface area contributed by atoms with Crippen LogP contribution in [-0.4, -0.2) is 26.6 Å². The van der Waals surface area contributed by atoms with Gasteiger partial charge in [-0.15, -0.1) is 0 Å². The van der Waals surface area contributed by atoms with Crippen molar-refractivity contribution in [2.24, 2.45) is 0 Å². The van der Waals surface area contributed by atoms with E-state index in [-0.39, 0.29) is 23.9 Å². The second kappa shape index (κ2) is 10.5. The van der Waals surface area contributed by atoms with Crippen molar-refractivity contribution >= 4 is 28.2 Å². The summed E-state index contributed by atoms with van der Waals surface area (Å²) >= 11 is 0. The molecule has 40 heavy (non-hydrogen) atoms. The average Bonchev–Trinajstić information content (AvgIpc) is 3.43. The zero-order chi connectivity index (χ0) is 27.6. The van der Waals surface area contributed by atoms with E-state index < -0.39 is 5.97 Å². The van der Waals surface area contributed by atoms with Gasteiger partial charge in [-0.05, 0) is 45.7 Å². The minimum absolute atomic E-state index is 0.000190. The Morgan fingerprint density at radius 3 is 2.33 bits per heavy atom. The van der Waals surface area contributed by atoms with Crippen LogP contribution in [-0.2, 0) is 6.54 Å². The van der Waals surface area contributed by atoms with Crippen LogP contribution in [0.15, 0.2) is 116 Å². The second-order valence-corrected chi connectivity index (χ2v) is 9.91. The second-order valence-electron chi connectivity index (χ2n) is 9.91. The number of rotatable bonds is 7. The maximum Gasteiger partial charge on any atom is 0.335 e. The van der Waals surface area contributed by atoms with Crippen molar-refractivity contribution in [3.05, 3.63) is 143 Å². The summed E-state index contributed by atoms with van der Waals surface area (Å²) in [5.41, 5.74) is 6.30. The summed E-state index contributed by atoms with van der Waals surface area (Å²) in [5.74, 6) is -1.21. The van der Waals surface area contributed by atoms with E-state index >= 15 is 0 Å². The average molecular weight is 526 g/mol. The number of nitrogens with one attached hydrogen (secondary N) is 1. The molecule has 0 bridgehead atoms. The first kappa shape index (κ1) is 25.1. The number of aromatic nitrogens is 2. The number of carboxylic acid groups (broad SMARTS) is 1. The van der Waals surface area contributed by atoms with Gasteiger partial charge in [0.2, 0.25) is 0 Å². The number of carbonyl (C=O) groups is 2. The number of hydrogen-bond acceptors (Lipinski definition) is 3. The van der Waals surface area contributed by atoms with Crippen LogP contribution in [0.4, 0.5) is 0 Å². The molecule has 6 heteroatoms. The van der Waals surface area contributed by atoms with Crippen LogP contribution in [0.5, 0.6) is 0 Å². The zero-order valence-electron chi connectivity index (χ0n) is 21.9. The summed E-state index contributed by atoms with van der Waals surface area (Å²) in [5, 5.41) is 19.2. The van der Waals surface area contributed by atoms with E-state index in [0.717, 1.165) is 33.3 Å². The third-order valence-corrected chi connectivity index (χ3v) is 7.39. The first-order valence-electron chi connectivity index (χ1n) is 13.1. The monoisotopic (exact) mass is 525 g/mol. The Labute approximate surface area is 231 Å². The van der Waals surface area contributed by atoms with Crippen molar-refractivity contribution in [3.63, 3.8) is 0 Å². The normalized spacial score (nSPS) is 11.9. The molecule has 196 valence electrons. The zero-order valence-corrected chi connectivity index (χ0v) is 21.9. The van der Waals surface area contributed by atoms with Crippen LogP contribution >= 0.6 is 0 Å². The predicted molar refractivity (Wildman–Crippen MR) is 157 cm³/mol. The fourth-order valence-corrected chi connectivity index (χ4v) is 5.12. The minimum atomic E-state index is -0.982. The third kappa shape index (κ3) is 4.83. The Morgan fingerprint density at radius 1 is 0.850 bits per heavy atom. The van der Waals surface area contributed by atoms with Gasteiger partial charge in [0.25, 0.3) is 5.91 Å². The van der Waals surface area contributed by atoms with Gasteiger partial charge in [0.15, 0.2) is 0 Å². The molecule has 2 aromatic heterocycles. The van der Waals surface area contributed by atoms with Gasteiger partial charge in [0, 0.05) is 29.8 Å². The van der Waals surface area contributed by atoms with Gasteiger partial charge in [-0.25, -0.2) is 9.31 Å². The lowest BCUT2D eigenvalue weighted by Gasteiger charge is -2.15. The van der Waals surface area contributed by atoms with Crippen molar-refractivity contribution in [2.45, 2.75) is 19.4 Å². The van der Waals surface area contributed by atoms with Gasteiger partial charge in [-0.3, -0.25) is 4.79 Å². The van der Waals surface area contributed by atoms with Gasteiger partial charge in [-0.1, -0.05) is 91.9 Å². The van der Waals surface area contributed by atoms with Gasteiger partial charge < -0.3 is 10.4 Å². The first-order chi connectivity index (χ1) is 19.5. The first-order valence-corrected chi connectivity index (χ1v) is 13.1. The van der Waals surface area contributed by atoms with E-state index in [2.05, 4.69) is 47.7 Å². The summed E-state index contributed by atoms with van der Waals surface area (Å²) in [6, 6.07) is 33.1. The van der Waals surface area contributed by atoms with Gasteiger partial charge in [0.05, 0.1) is 22.8 Å².